The molecule has 0 saturated heterocycles. The van der Waals surface area contributed by atoms with Gasteiger partial charge in [0.05, 0.1) is 16.3 Å². The maximum Gasteiger partial charge on any atom is 0.416 e. The van der Waals surface area contributed by atoms with E-state index in [2.05, 4.69) is 22.9 Å². The molecule has 0 bridgehead atoms. The number of benzene rings is 1. The van der Waals surface area contributed by atoms with Gasteiger partial charge in [0.25, 0.3) is 0 Å². The standard InChI is InChI=1S/C24H23ClF3N3OS/c1-4-12-31(23(32-3)10-5-6-16-14-29-11-9-19(16)23)22-30-21(15(2)33-22)18-8-7-17(13-20(18)25)24(26,27)28/h5-9,11,13-14H,4,10,12H2,1-3H3. The molecular weight excluding hydrogens is 471 g/mol. The van der Waals surface area contributed by atoms with Crippen LogP contribution in [0, 0.1) is 6.92 Å². The Hall–Kier alpha value is -2.42. The highest BCUT2D eigenvalue weighted by Crippen LogP contribution is 2.45. The largest absolute Gasteiger partial charge is 0.416 e. The van der Waals surface area contributed by atoms with Gasteiger partial charge in [-0.1, -0.05) is 36.7 Å². The molecule has 0 spiro atoms. The van der Waals surface area contributed by atoms with Crippen LogP contribution in [-0.2, 0) is 16.6 Å². The van der Waals surface area contributed by atoms with Crippen molar-refractivity contribution < 1.29 is 17.9 Å². The van der Waals surface area contributed by atoms with E-state index in [9.17, 15) is 13.2 Å². The molecule has 4 nitrogen and oxygen atoms in total. The third-order valence-corrected chi connectivity index (χ3v) is 7.06. The summed E-state index contributed by atoms with van der Waals surface area (Å²) in [6, 6.07) is 5.33. The highest BCUT2D eigenvalue weighted by molar-refractivity contribution is 7.16. The first-order valence-corrected chi connectivity index (χ1v) is 11.7. The van der Waals surface area contributed by atoms with Gasteiger partial charge in [-0.05, 0) is 31.5 Å². The summed E-state index contributed by atoms with van der Waals surface area (Å²) in [7, 11) is 1.68. The number of halogens is 4. The van der Waals surface area contributed by atoms with Gasteiger partial charge in [-0.3, -0.25) is 4.98 Å². The number of ether oxygens (including phenoxy) is 1. The van der Waals surface area contributed by atoms with Gasteiger partial charge in [0.2, 0.25) is 0 Å². The van der Waals surface area contributed by atoms with Crippen molar-refractivity contribution in [3.63, 3.8) is 0 Å². The Morgan fingerprint density at radius 3 is 2.73 bits per heavy atom. The molecule has 2 aromatic heterocycles. The predicted octanol–water partition coefficient (Wildman–Crippen LogP) is 7.32. The Bertz CT molecular complexity index is 1190. The lowest BCUT2D eigenvalue weighted by Crippen LogP contribution is -2.49. The van der Waals surface area contributed by atoms with E-state index in [0.29, 0.717) is 24.2 Å². The Balaban J connectivity index is 1.80. The van der Waals surface area contributed by atoms with Crippen molar-refractivity contribution in [2.75, 3.05) is 18.6 Å². The second-order valence-electron chi connectivity index (χ2n) is 7.80. The van der Waals surface area contributed by atoms with Crippen molar-refractivity contribution >= 4 is 34.1 Å². The van der Waals surface area contributed by atoms with Crippen molar-refractivity contribution in [3.8, 4) is 11.3 Å². The van der Waals surface area contributed by atoms with Gasteiger partial charge in [0.1, 0.15) is 0 Å². The lowest BCUT2D eigenvalue weighted by Gasteiger charge is -2.44. The van der Waals surface area contributed by atoms with Crippen molar-refractivity contribution in [2.45, 2.75) is 38.6 Å². The normalized spacial score (nSPS) is 17.8. The Labute approximate surface area is 199 Å². The van der Waals surface area contributed by atoms with E-state index in [0.717, 1.165) is 39.7 Å². The summed E-state index contributed by atoms with van der Waals surface area (Å²) in [6.45, 7) is 4.65. The van der Waals surface area contributed by atoms with E-state index >= 15 is 0 Å². The van der Waals surface area contributed by atoms with Crippen LogP contribution in [0.1, 0.15) is 41.3 Å². The molecule has 0 aliphatic heterocycles. The minimum Gasteiger partial charge on any atom is -0.354 e. The van der Waals surface area contributed by atoms with Gasteiger partial charge < -0.3 is 9.64 Å². The topological polar surface area (TPSA) is 38.2 Å². The molecule has 2 heterocycles. The average Bonchev–Trinajstić information content (AvgIpc) is 3.17. The fourth-order valence-electron chi connectivity index (χ4n) is 4.20. The minimum absolute atomic E-state index is 0.0188. The summed E-state index contributed by atoms with van der Waals surface area (Å²) < 4.78 is 45.4. The van der Waals surface area contributed by atoms with Crippen molar-refractivity contribution in [3.05, 3.63) is 69.3 Å². The highest BCUT2D eigenvalue weighted by atomic mass is 35.5. The summed E-state index contributed by atoms with van der Waals surface area (Å²) in [5.74, 6) is 0. The Morgan fingerprint density at radius 2 is 2.06 bits per heavy atom. The van der Waals surface area contributed by atoms with Gasteiger partial charge in [-0.25, -0.2) is 4.98 Å². The molecule has 4 rings (SSSR count). The number of aryl methyl sites for hydroxylation is 1. The van der Waals surface area contributed by atoms with Gasteiger partial charge in [0.15, 0.2) is 10.9 Å². The fourth-order valence-corrected chi connectivity index (χ4v) is 5.48. The van der Waals surface area contributed by atoms with E-state index in [-0.39, 0.29) is 5.02 Å². The van der Waals surface area contributed by atoms with Crippen molar-refractivity contribution in [1.29, 1.82) is 0 Å². The lowest BCUT2D eigenvalue weighted by molar-refractivity contribution is -0.137. The van der Waals surface area contributed by atoms with E-state index < -0.39 is 17.5 Å². The molecule has 174 valence electrons. The van der Waals surface area contributed by atoms with Crippen LogP contribution in [0.3, 0.4) is 0 Å². The first-order valence-electron chi connectivity index (χ1n) is 10.5. The maximum atomic E-state index is 13.1. The molecule has 33 heavy (non-hydrogen) atoms. The van der Waals surface area contributed by atoms with E-state index in [1.807, 2.05) is 25.3 Å². The molecule has 1 aromatic carbocycles. The number of anilines is 1. The summed E-state index contributed by atoms with van der Waals surface area (Å²) in [5, 5.41) is 0.741. The molecule has 0 radical (unpaired) electrons. The second-order valence-corrected chi connectivity index (χ2v) is 9.39. The van der Waals surface area contributed by atoms with Crippen LogP contribution in [0.25, 0.3) is 17.3 Å². The van der Waals surface area contributed by atoms with E-state index in [1.54, 1.807) is 13.3 Å². The number of aromatic nitrogens is 2. The molecule has 1 aliphatic rings. The number of rotatable bonds is 6. The summed E-state index contributed by atoms with van der Waals surface area (Å²) in [5.41, 5.74) is 1.47. The van der Waals surface area contributed by atoms with Crippen molar-refractivity contribution in [1.82, 2.24) is 9.97 Å². The molecule has 1 atom stereocenters. The number of hydrogen-bond donors (Lipinski definition) is 0. The fraction of sp³-hybridized carbons (Fsp3) is 0.333. The number of nitrogens with zero attached hydrogens (tertiary/aromatic N) is 3. The van der Waals surface area contributed by atoms with Crippen LogP contribution in [0.4, 0.5) is 18.3 Å². The third-order valence-electron chi connectivity index (χ3n) is 5.75. The number of thiazole rings is 1. The van der Waals surface area contributed by atoms with Crippen LogP contribution in [0.5, 0.6) is 0 Å². The van der Waals surface area contributed by atoms with Gasteiger partial charge in [-0.15, -0.1) is 11.3 Å². The zero-order valence-corrected chi connectivity index (χ0v) is 20.0. The number of alkyl halides is 3. The highest BCUT2D eigenvalue weighted by Gasteiger charge is 2.42. The third kappa shape index (κ3) is 4.27. The minimum atomic E-state index is -4.45. The zero-order valence-electron chi connectivity index (χ0n) is 18.4. The van der Waals surface area contributed by atoms with Crippen molar-refractivity contribution in [2.24, 2.45) is 0 Å². The zero-order chi connectivity index (χ0) is 23.8. The first kappa shape index (κ1) is 23.7. The molecule has 0 N–H and O–H groups in total. The molecule has 0 fully saturated rings. The average molecular weight is 494 g/mol. The van der Waals surface area contributed by atoms with Crippen LogP contribution in [-0.4, -0.2) is 23.6 Å². The molecular formula is C24H23ClF3N3OS. The SMILES string of the molecule is CCCN(c1nc(-c2ccc(C(F)(F)F)cc2Cl)c(C)s1)C1(OC)CC=Cc2cnccc21. The lowest BCUT2D eigenvalue weighted by atomic mass is 9.89. The van der Waals surface area contributed by atoms with E-state index in [4.69, 9.17) is 21.3 Å². The Kier molecular flexibility index (Phi) is 6.53. The second kappa shape index (κ2) is 9.08. The first-order chi connectivity index (χ1) is 15.7. The van der Waals surface area contributed by atoms with Gasteiger partial charge >= 0.3 is 6.18 Å². The summed E-state index contributed by atoms with van der Waals surface area (Å²) >= 11 is 7.74. The Morgan fingerprint density at radius 1 is 1.27 bits per heavy atom. The van der Waals surface area contributed by atoms with Crippen LogP contribution < -0.4 is 4.90 Å². The smallest absolute Gasteiger partial charge is 0.354 e. The monoisotopic (exact) mass is 493 g/mol. The predicted molar refractivity (Wildman–Crippen MR) is 127 cm³/mol. The number of methoxy groups -OCH3 is 1. The molecule has 1 aliphatic carbocycles. The molecule has 3 aromatic rings. The van der Waals surface area contributed by atoms with E-state index in [1.165, 1.54) is 17.4 Å². The van der Waals surface area contributed by atoms with Gasteiger partial charge in [-0.2, -0.15) is 13.2 Å². The number of pyridine rings is 1. The molecule has 0 amide bonds. The maximum absolute atomic E-state index is 13.1. The summed E-state index contributed by atoms with van der Waals surface area (Å²) in [6.07, 6.45) is 4.66. The van der Waals surface area contributed by atoms with Gasteiger partial charge in [0, 0.05) is 54.0 Å². The van der Waals surface area contributed by atoms with Crippen LogP contribution in [0.2, 0.25) is 5.02 Å². The molecule has 0 saturated carbocycles. The number of fused-ring (bicyclic) bond motifs is 1. The summed E-state index contributed by atoms with van der Waals surface area (Å²) in [4.78, 5) is 12.1. The number of hydrogen-bond acceptors (Lipinski definition) is 5. The molecule has 1 unspecified atom stereocenters. The molecule has 9 heteroatoms. The van der Waals surface area contributed by atoms with Crippen LogP contribution >= 0.6 is 22.9 Å². The quantitative estimate of drug-likeness (QED) is 0.337. The van der Waals surface area contributed by atoms with Crippen LogP contribution in [0.15, 0.2) is 42.7 Å².